The van der Waals surface area contributed by atoms with E-state index in [1.165, 1.54) is 6.07 Å². The van der Waals surface area contributed by atoms with E-state index in [0.717, 1.165) is 30.7 Å². The summed E-state index contributed by atoms with van der Waals surface area (Å²) in [5.41, 5.74) is 3.79. The average molecular weight is 493 g/mol. The van der Waals surface area contributed by atoms with E-state index in [-0.39, 0.29) is 5.69 Å². The molecule has 2 N–H and O–H groups in total. The standard InChI is InChI=1S/C25H25ClN6O3/c1-3-4-12-23-28-22-14-21(30-25(33)29-20-11-6-5-10-19(20)26)16(2)27-24(22)31(23)15-17-8-7-9-18(13-17)32(34)35/h5-11,13-14H,3-4,12,15H2,1-2H3,(H2,29,30,33). The van der Waals surface area contributed by atoms with Gasteiger partial charge in [-0.1, -0.05) is 49.2 Å². The van der Waals surface area contributed by atoms with Gasteiger partial charge in [0.15, 0.2) is 5.65 Å². The number of unbranched alkanes of at least 4 members (excludes halogenated alkanes) is 1. The number of carbonyl (C=O) groups excluding carboxylic acids is 1. The summed E-state index contributed by atoms with van der Waals surface area (Å²) in [6.07, 6.45) is 2.70. The first-order valence-corrected chi connectivity index (χ1v) is 11.7. The minimum absolute atomic E-state index is 0.0437. The van der Waals surface area contributed by atoms with Crippen LogP contribution in [0.4, 0.5) is 21.9 Å². The van der Waals surface area contributed by atoms with E-state index in [4.69, 9.17) is 21.6 Å². The van der Waals surface area contributed by atoms with Crippen molar-refractivity contribution in [3.05, 3.63) is 86.8 Å². The van der Waals surface area contributed by atoms with Gasteiger partial charge in [0, 0.05) is 18.6 Å². The molecule has 0 saturated carbocycles. The minimum Gasteiger partial charge on any atom is -0.308 e. The SMILES string of the molecule is CCCCc1nc2cc(NC(=O)Nc3ccccc3Cl)c(C)nc2n1Cc1cccc([N+](=O)[O-])c1. The molecule has 0 aliphatic heterocycles. The normalized spacial score (nSPS) is 10.9. The topological polar surface area (TPSA) is 115 Å². The largest absolute Gasteiger partial charge is 0.323 e. The van der Waals surface area contributed by atoms with Crippen LogP contribution in [0.5, 0.6) is 0 Å². The van der Waals surface area contributed by atoms with Crippen molar-refractivity contribution in [1.29, 1.82) is 0 Å². The van der Waals surface area contributed by atoms with Gasteiger partial charge in [-0.25, -0.2) is 14.8 Å². The van der Waals surface area contributed by atoms with Crippen LogP contribution in [0.3, 0.4) is 0 Å². The lowest BCUT2D eigenvalue weighted by molar-refractivity contribution is -0.384. The predicted molar refractivity (Wildman–Crippen MR) is 137 cm³/mol. The third-order valence-electron chi connectivity index (χ3n) is 5.58. The van der Waals surface area contributed by atoms with Crippen LogP contribution in [0.25, 0.3) is 11.2 Å². The number of amides is 2. The van der Waals surface area contributed by atoms with E-state index < -0.39 is 11.0 Å². The second-order valence-electron chi connectivity index (χ2n) is 8.17. The Morgan fingerprint density at radius 1 is 1.09 bits per heavy atom. The number of hydrogen-bond acceptors (Lipinski definition) is 5. The molecule has 0 atom stereocenters. The molecule has 0 saturated heterocycles. The highest BCUT2D eigenvalue weighted by Gasteiger charge is 2.17. The molecular formula is C25H25ClN6O3. The Morgan fingerprint density at radius 2 is 1.86 bits per heavy atom. The second kappa shape index (κ2) is 10.5. The summed E-state index contributed by atoms with van der Waals surface area (Å²) in [6, 6.07) is 14.9. The molecule has 2 aromatic heterocycles. The van der Waals surface area contributed by atoms with Gasteiger partial charge in [0.1, 0.15) is 11.3 Å². The minimum atomic E-state index is -0.440. The van der Waals surface area contributed by atoms with Crippen molar-refractivity contribution in [1.82, 2.24) is 14.5 Å². The maximum atomic E-state index is 12.6. The van der Waals surface area contributed by atoms with Gasteiger partial charge in [-0.05, 0) is 37.1 Å². The van der Waals surface area contributed by atoms with Gasteiger partial charge < -0.3 is 15.2 Å². The van der Waals surface area contributed by atoms with E-state index in [2.05, 4.69) is 17.6 Å². The maximum absolute atomic E-state index is 12.6. The molecule has 0 aliphatic rings. The van der Waals surface area contributed by atoms with Crippen molar-refractivity contribution in [3.8, 4) is 0 Å². The molecule has 0 unspecified atom stereocenters. The number of pyridine rings is 1. The van der Waals surface area contributed by atoms with Crippen molar-refractivity contribution < 1.29 is 9.72 Å². The molecular weight excluding hydrogens is 468 g/mol. The number of imidazole rings is 1. The van der Waals surface area contributed by atoms with Gasteiger partial charge in [-0.2, -0.15) is 0 Å². The number of anilines is 2. The van der Waals surface area contributed by atoms with Crippen molar-refractivity contribution >= 4 is 45.9 Å². The number of para-hydroxylation sites is 1. The fraction of sp³-hybridized carbons (Fsp3) is 0.240. The van der Waals surface area contributed by atoms with Crippen LogP contribution < -0.4 is 10.6 Å². The van der Waals surface area contributed by atoms with E-state index >= 15 is 0 Å². The molecule has 9 nitrogen and oxygen atoms in total. The third kappa shape index (κ3) is 5.58. The molecule has 0 radical (unpaired) electrons. The number of non-ortho nitro benzene ring substituents is 1. The van der Waals surface area contributed by atoms with Gasteiger partial charge in [-0.3, -0.25) is 10.1 Å². The summed E-state index contributed by atoms with van der Waals surface area (Å²) in [5, 5.41) is 17.2. The zero-order valence-corrected chi connectivity index (χ0v) is 20.2. The van der Waals surface area contributed by atoms with Gasteiger partial charge in [0.2, 0.25) is 0 Å². The molecule has 0 fully saturated rings. The van der Waals surface area contributed by atoms with Gasteiger partial charge >= 0.3 is 6.03 Å². The lowest BCUT2D eigenvalue weighted by Gasteiger charge is -2.12. The lowest BCUT2D eigenvalue weighted by atomic mass is 10.2. The summed E-state index contributed by atoms with van der Waals surface area (Å²) in [7, 11) is 0. The number of rotatable bonds is 8. The molecule has 2 aromatic carbocycles. The Hall–Kier alpha value is -3.98. The molecule has 180 valence electrons. The molecule has 4 aromatic rings. The zero-order chi connectivity index (χ0) is 24.9. The molecule has 0 aliphatic carbocycles. The maximum Gasteiger partial charge on any atom is 0.323 e. The summed E-state index contributed by atoms with van der Waals surface area (Å²) >= 11 is 6.13. The first-order chi connectivity index (χ1) is 16.9. The smallest absolute Gasteiger partial charge is 0.308 e. The number of aromatic nitrogens is 3. The molecule has 0 spiro atoms. The number of aryl methyl sites for hydroxylation is 2. The number of nitro benzene ring substituents is 1. The van der Waals surface area contributed by atoms with Crippen LogP contribution in [-0.4, -0.2) is 25.5 Å². The Kier molecular flexibility index (Phi) is 7.26. The number of halogens is 1. The molecule has 0 bridgehead atoms. The second-order valence-corrected chi connectivity index (χ2v) is 8.57. The number of hydrogen-bond donors (Lipinski definition) is 2. The Labute approximate surface area is 207 Å². The first kappa shape index (κ1) is 24.2. The van der Waals surface area contributed by atoms with Gasteiger partial charge in [0.25, 0.3) is 5.69 Å². The number of nitro groups is 1. The monoisotopic (exact) mass is 492 g/mol. The fourth-order valence-electron chi connectivity index (χ4n) is 3.79. The Morgan fingerprint density at radius 3 is 2.60 bits per heavy atom. The van der Waals surface area contributed by atoms with Gasteiger partial charge in [-0.15, -0.1) is 0 Å². The van der Waals surface area contributed by atoms with Crippen molar-refractivity contribution in [2.45, 2.75) is 39.7 Å². The highest BCUT2D eigenvalue weighted by molar-refractivity contribution is 6.33. The van der Waals surface area contributed by atoms with E-state index in [1.54, 1.807) is 49.4 Å². The molecule has 35 heavy (non-hydrogen) atoms. The van der Waals surface area contributed by atoms with Crippen molar-refractivity contribution in [2.24, 2.45) is 0 Å². The molecule has 2 heterocycles. The van der Waals surface area contributed by atoms with E-state index in [1.807, 2.05) is 10.6 Å². The van der Waals surface area contributed by atoms with Crippen LogP contribution in [0.2, 0.25) is 5.02 Å². The number of urea groups is 1. The summed E-state index contributed by atoms with van der Waals surface area (Å²) in [5.74, 6) is 0.845. The highest BCUT2D eigenvalue weighted by Crippen LogP contribution is 2.25. The van der Waals surface area contributed by atoms with Crippen LogP contribution in [0.15, 0.2) is 54.6 Å². The third-order valence-corrected chi connectivity index (χ3v) is 5.91. The molecule has 2 amide bonds. The van der Waals surface area contributed by atoms with Crippen molar-refractivity contribution in [3.63, 3.8) is 0 Å². The van der Waals surface area contributed by atoms with Crippen LogP contribution >= 0.6 is 11.6 Å². The quantitative estimate of drug-likeness (QED) is 0.220. The number of fused-ring (bicyclic) bond motifs is 1. The molecule has 10 heteroatoms. The van der Waals surface area contributed by atoms with Crippen molar-refractivity contribution in [2.75, 3.05) is 10.6 Å². The van der Waals surface area contributed by atoms with E-state index in [0.29, 0.717) is 39.8 Å². The van der Waals surface area contributed by atoms with Crippen LogP contribution in [0, 0.1) is 17.0 Å². The highest BCUT2D eigenvalue weighted by atomic mass is 35.5. The predicted octanol–water partition coefficient (Wildman–Crippen LogP) is 6.34. The fourth-order valence-corrected chi connectivity index (χ4v) is 3.98. The first-order valence-electron chi connectivity index (χ1n) is 11.3. The van der Waals surface area contributed by atoms with Crippen LogP contribution in [0.1, 0.15) is 36.8 Å². The summed E-state index contributed by atoms with van der Waals surface area (Å²) < 4.78 is 1.99. The Bertz CT molecular complexity index is 1400. The summed E-state index contributed by atoms with van der Waals surface area (Å²) in [4.78, 5) is 32.9. The van der Waals surface area contributed by atoms with Crippen LogP contribution in [-0.2, 0) is 13.0 Å². The number of nitrogens with one attached hydrogen (secondary N) is 2. The zero-order valence-electron chi connectivity index (χ0n) is 19.4. The number of carbonyl (C=O) groups is 1. The summed E-state index contributed by atoms with van der Waals surface area (Å²) in [6.45, 7) is 4.32. The number of nitrogens with zero attached hydrogens (tertiary/aromatic N) is 4. The Balaban J connectivity index is 1.65. The van der Waals surface area contributed by atoms with Gasteiger partial charge in [0.05, 0.1) is 33.6 Å². The number of benzene rings is 2. The average Bonchev–Trinajstić information content (AvgIpc) is 3.15. The van der Waals surface area contributed by atoms with E-state index in [9.17, 15) is 14.9 Å². The lowest BCUT2D eigenvalue weighted by Crippen LogP contribution is -2.20. The molecule has 4 rings (SSSR count).